The summed E-state index contributed by atoms with van der Waals surface area (Å²) in [6.07, 6.45) is 2.45. The molecule has 0 radical (unpaired) electrons. The summed E-state index contributed by atoms with van der Waals surface area (Å²) in [5.74, 6) is -0.224. The molecular formula is C15H23FN2O. The monoisotopic (exact) mass is 266 g/mol. The van der Waals surface area contributed by atoms with E-state index in [4.69, 9.17) is 10.5 Å². The summed E-state index contributed by atoms with van der Waals surface area (Å²) in [5.41, 5.74) is 7.41. The SMILES string of the molecule is CCN(CC1CCCO1)c1cccc(F)c1[C@H](C)N. The van der Waals surface area contributed by atoms with Crippen LogP contribution in [-0.4, -0.2) is 25.8 Å². The minimum atomic E-state index is -0.310. The van der Waals surface area contributed by atoms with Gasteiger partial charge in [0.2, 0.25) is 0 Å². The Morgan fingerprint density at radius 1 is 1.53 bits per heavy atom. The number of halogens is 1. The fourth-order valence-electron chi connectivity index (χ4n) is 2.68. The Morgan fingerprint density at radius 3 is 2.89 bits per heavy atom. The third-order valence-corrected chi connectivity index (χ3v) is 3.66. The van der Waals surface area contributed by atoms with Crippen molar-refractivity contribution in [2.24, 2.45) is 5.73 Å². The quantitative estimate of drug-likeness (QED) is 0.890. The van der Waals surface area contributed by atoms with Gasteiger partial charge >= 0.3 is 0 Å². The third kappa shape index (κ3) is 3.25. The van der Waals surface area contributed by atoms with E-state index >= 15 is 0 Å². The molecule has 0 aliphatic carbocycles. The van der Waals surface area contributed by atoms with Crippen molar-refractivity contribution in [1.82, 2.24) is 0 Å². The molecule has 19 heavy (non-hydrogen) atoms. The summed E-state index contributed by atoms with van der Waals surface area (Å²) in [6, 6.07) is 4.85. The summed E-state index contributed by atoms with van der Waals surface area (Å²) >= 11 is 0. The molecule has 0 aromatic heterocycles. The first kappa shape index (κ1) is 14.3. The van der Waals surface area contributed by atoms with Crippen molar-refractivity contribution in [2.45, 2.75) is 38.8 Å². The van der Waals surface area contributed by atoms with Crippen LogP contribution in [0.2, 0.25) is 0 Å². The number of rotatable bonds is 5. The zero-order valence-corrected chi connectivity index (χ0v) is 11.7. The number of anilines is 1. The maximum atomic E-state index is 14.0. The van der Waals surface area contributed by atoms with E-state index in [1.807, 2.05) is 13.0 Å². The van der Waals surface area contributed by atoms with Gasteiger partial charge in [-0.2, -0.15) is 0 Å². The second kappa shape index (κ2) is 6.35. The van der Waals surface area contributed by atoms with E-state index in [1.165, 1.54) is 6.07 Å². The van der Waals surface area contributed by atoms with Gasteiger partial charge in [0.25, 0.3) is 0 Å². The standard InChI is InChI=1S/C15H23FN2O/c1-3-18(10-12-6-5-9-19-12)14-8-4-7-13(16)15(14)11(2)17/h4,7-8,11-12H,3,5-6,9-10,17H2,1-2H3/t11-,12?/m0/s1. The van der Waals surface area contributed by atoms with E-state index < -0.39 is 0 Å². The van der Waals surface area contributed by atoms with Gasteiger partial charge in [0.15, 0.2) is 0 Å². The molecule has 0 amide bonds. The largest absolute Gasteiger partial charge is 0.376 e. The van der Waals surface area contributed by atoms with Gasteiger partial charge in [0, 0.05) is 37.0 Å². The van der Waals surface area contributed by atoms with Crippen LogP contribution in [0.1, 0.15) is 38.3 Å². The molecule has 1 heterocycles. The molecule has 4 heteroatoms. The molecule has 2 atom stereocenters. The van der Waals surface area contributed by atoms with Crippen molar-refractivity contribution in [2.75, 3.05) is 24.6 Å². The molecule has 1 aliphatic rings. The first-order chi connectivity index (χ1) is 9.13. The van der Waals surface area contributed by atoms with Gasteiger partial charge in [-0.1, -0.05) is 6.07 Å². The molecule has 0 bridgehead atoms. The Kier molecular flexibility index (Phi) is 4.77. The van der Waals surface area contributed by atoms with Crippen LogP contribution in [0.4, 0.5) is 10.1 Å². The first-order valence-corrected chi connectivity index (χ1v) is 7.04. The minimum absolute atomic E-state index is 0.224. The van der Waals surface area contributed by atoms with Gasteiger partial charge in [0.05, 0.1) is 6.10 Å². The van der Waals surface area contributed by atoms with Crippen LogP contribution < -0.4 is 10.6 Å². The maximum absolute atomic E-state index is 14.0. The van der Waals surface area contributed by atoms with Crippen LogP contribution >= 0.6 is 0 Å². The highest BCUT2D eigenvalue weighted by atomic mass is 19.1. The van der Waals surface area contributed by atoms with Gasteiger partial charge < -0.3 is 15.4 Å². The number of nitrogens with zero attached hydrogens (tertiary/aromatic N) is 1. The minimum Gasteiger partial charge on any atom is -0.376 e. The average Bonchev–Trinajstić information content (AvgIpc) is 2.88. The van der Waals surface area contributed by atoms with Crippen molar-refractivity contribution in [3.05, 3.63) is 29.6 Å². The lowest BCUT2D eigenvalue weighted by molar-refractivity contribution is 0.115. The van der Waals surface area contributed by atoms with Crippen molar-refractivity contribution >= 4 is 5.69 Å². The van der Waals surface area contributed by atoms with Gasteiger partial charge in [-0.25, -0.2) is 4.39 Å². The number of hydrogen-bond acceptors (Lipinski definition) is 3. The third-order valence-electron chi connectivity index (χ3n) is 3.66. The van der Waals surface area contributed by atoms with E-state index in [0.717, 1.165) is 38.2 Å². The highest BCUT2D eigenvalue weighted by Crippen LogP contribution is 2.29. The molecule has 1 saturated heterocycles. The molecule has 3 nitrogen and oxygen atoms in total. The molecule has 1 aliphatic heterocycles. The van der Waals surface area contributed by atoms with Gasteiger partial charge in [0.1, 0.15) is 5.82 Å². The maximum Gasteiger partial charge on any atom is 0.130 e. The predicted octanol–water partition coefficient (Wildman–Crippen LogP) is 2.85. The highest BCUT2D eigenvalue weighted by Gasteiger charge is 2.22. The lowest BCUT2D eigenvalue weighted by atomic mass is 10.0. The summed E-state index contributed by atoms with van der Waals surface area (Å²) in [6.45, 7) is 6.36. The van der Waals surface area contributed by atoms with Gasteiger partial charge in [-0.15, -0.1) is 0 Å². The fourth-order valence-corrected chi connectivity index (χ4v) is 2.68. The van der Waals surface area contributed by atoms with Crippen LogP contribution in [0.3, 0.4) is 0 Å². The number of benzene rings is 1. The normalized spacial score (nSPS) is 20.5. The summed E-state index contributed by atoms with van der Waals surface area (Å²) in [7, 11) is 0. The second-order valence-corrected chi connectivity index (χ2v) is 5.13. The second-order valence-electron chi connectivity index (χ2n) is 5.13. The Bertz CT molecular complexity index is 417. The van der Waals surface area contributed by atoms with Crippen molar-refractivity contribution < 1.29 is 9.13 Å². The van der Waals surface area contributed by atoms with Crippen LogP contribution in [-0.2, 0) is 4.74 Å². The molecule has 1 aromatic rings. The lowest BCUT2D eigenvalue weighted by Crippen LogP contribution is -2.33. The number of ether oxygens (including phenoxy) is 1. The van der Waals surface area contributed by atoms with Crippen molar-refractivity contribution in [3.8, 4) is 0 Å². The Hall–Kier alpha value is -1.13. The molecular weight excluding hydrogens is 243 g/mol. The zero-order chi connectivity index (χ0) is 13.8. The van der Waals surface area contributed by atoms with Gasteiger partial charge in [-0.05, 0) is 38.8 Å². The Morgan fingerprint density at radius 2 is 2.32 bits per heavy atom. The summed E-state index contributed by atoms with van der Waals surface area (Å²) in [4.78, 5) is 2.16. The lowest BCUT2D eigenvalue weighted by Gasteiger charge is -2.29. The van der Waals surface area contributed by atoms with Crippen LogP contribution in [0.15, 0.2) is 18.2 Å². The molecule has 0 saturated carbocycles. The number of hydrogen-bond donors (Lipinski definition) is 1. The molecule has 1 aromatic carbocycles. The summed E-state index contributed by atoms with van der Waals surface area (Å²) in [5, 5.41) is 0. The summed E-state index contributed by atoms with van der Waals surface area (Å²) < 4.78 is 19.6. The van der Waals surface area contributed by atoms with Crippen LogP contribution in [0.5, 0.6) is 0 Å². The Labute approximate surface area is 114 Å². The van der Waals surface area contributed by atoms with Crippen LogP contribution in [0.25, 0.3) is 0 Å². The predicted molar refractivity (Wildman–Crippen MR) is 75.9 cm³/mol. The van der Waals surface area contributed by atoms with Crippen molar-refractivity contribution in [1.29, 1.82) is 0 Å². The molecule has 2 N–H and O–H groups in total. The Balaban J connectivity index is 2.24. The van der Waals surface area contributed by atoms with E-state index in [2.05, 4.69) is 11.8 Å². The first-order valence-electron chi connectivity index (χ1n) is 7.04. The molecule has 0 spiro atoms. The number of likely N-dealkylation sites (N-methyl/N-ethyl adjacent to an activating group) is 1. The zero-order valence-electron chi connectivity index (χ0n) is 11.7. The average molecular weight is 266 g/mol. The van der Waals surface area contributed by atoms with E-state index in [0.29, 0.717) is 5.56 Å². The molecule has 1 fully saturated rings. The van der Waals surface area contributed by atoms with Crippen LogP contribution in [0, 0.1) is 5.82 Å². The topological polar surface area (TPSA) is 38.5 Å². The van der Waals surface area contributed by atoms with Gasteiger partial charge in [-0.3, -0.25) is 0 Å². The van der Waals surface area contributed by atoms with E-state index in [1.54, 1.807) is 6.07 Å². The highest BCUT2D eigenvalue weighted by molar-refractivity contribution is 5.55. The molecule has 1 unspecified atom stereocenters. The van der Waals surface area contributed by atoms with Crippen molar-refractivity contribution in [3.63, 3.8) is 0 Å². The van der Waals surface area contributed by atoms with E-state index in [9.17, 15) is 4.39 Å². The fraction of sp³-hybridized carbons (Fsp3) is 0.600. The smallest absolute Gasteiger partial charge is 0.130 e. The van der Waals surface area contributed by atoms with E-state index in [-0.39, 0.29) is 18.0 Å². The molecule has 106 valence electrons. The number of nitrogens with two attached hydrogens (primary N) is 1. The molecule has 2 rings (SSSR count).